The molecule has 1 aromatic carbocycles. The molecule has 0 aromatic heterocycles. The molecule has 1 heterocycles. The number of hydrogen-bond acceptors (Lipinski definition) is 3. The van der Waals surface area contributed by atoms with Crippen molar-refractivity contribution < 1.29 is 14.6 Å². The van der Waals surface area contributed by atoms with E-state index in [9.17, 15) is 9.90 Å². The lowest BCUT2D eigenvalue weighted by Gasteiger charge is -2.36. The van der Waals surface area contributed by atoms with Gasteiger partial charge in [-0.05, 0) is 38.0 Å². The summed E-state index contributed by atoms with van der Waals surface area (Å²) in [5.74, 6) is -0.106. The van der Waals surface area contributed by atoms with Crippen LogP contribution in [-0.2, 0) is 11.3 Å². The Morgan fingerprint density at radius 1 is 1.50 bits per heavy atom. The molecule has 0 aliphatic carbocycles. The number of methoxy groups -OCH3 is 1. The van der Waals surface area contributed by atoms with Crippen LogP contribution in [0.4, 0.5) is 0 Å². The number of nitrogens with zero attached hydrogens (tertiary/aromatic N) is 1. The summed E-state index contributed by atoms with van der Waals surface area (Å²) in [6.07, 6.45) is 1.69. The monoisotopic (exact) mass is 341 g/mol. The maximum absolute atomic E-state index is 11.2. The van der Waals surface area contributed by atoms with Gasteiger partial charge in [0.05, 0.1) is 13.0 Å². The van der Waals surface area contributed by atoms with E-state index < -0.39 is 5.97 Å². The zero-order valence-electron chi connectivity index (χ0n) is 11.8. The Morgan fingerprint density at radius 3 is 2.90 bits per heavy atom. The number of halogens is 1. The van der Waals surface area contributed by atoms with Crippen molar-refractivity contribution in [1.29, 1.82) is 0 Å². The molecule has 110 valence electrons. The first-order valence-corrected chi connectivity index (χ1v) is 7.60. The van der Waals surface area contributed by atoms with E-state index in [0.717, 1.165) is 28.6 Å². The molecule has 0 spiro atoms. The predicted octanol–water partition coefficient (Wildman–Crippen LogP) is 3.14. The number of carboxylic acid groups (broad SMARTS) is 1. The van der Waals surface area contributed by atoms with Crippen LogP contribution in [0.15, 0.2) is 22.7 Å². The largest absolute Gasteiger partial charge is 0.496 e. The molecule has 2 unspecified atom stereocenters. The third-order valence-electron chi connectivity index (χ3n) is 3.98. The highest BCUT2D eigenvalue weighted by Crippen LogP contribution is 2.28. The number of carboxylic acids is 1. The first kappa shape index (κ1) is 15.3. The first-order chi connectivity index (χ1) is 9.51. The molecular formula is C15H20BrNO3. The van der Waals surface area contributed by atoms with Crippen molar-refractivity contribution in [2.45, 2.75) is 32.4 Å². The van der Waals surface area contributed by atoms with Crippen LogP contribution in [0.1, 0.15) is 25.3 Å². The molecule has 1 aliphatic heterocycles. The zero-order chi connectivity index (χ0) is 14.7. The summed E-state index contributed by atoms with van der Waals surface area (Å²) in [5, 5.41) is 9.19. The molecule has 2 rings (SSSR count). The number of piperidine rings is 1. The maximum Gasteiger partial charge on any atom is 0.307 e. The number of likely N-dealkylation sites (tertiary alicyclic amines) is 1. The standard InChI is InChI=1S/C15H20BrNO3/c1-10-3-4-11(15(18)19)8-17(10)9-12-7-13(16)5-6-14(12)20-2/h5-7,10-11H,3-4,8-9H2,1-2H3,(H,18,19). The summed E-state index contributed by atoms with van der Waals surface area (Å²) >= 11 is 3.47. The predicted molar refractivity (Wildman–Crippen MR) is 80.9 cm³/mol. The summed E-state index contributed by atoms with van der Waals surface area (Å²) in [6, 6.07) is 6.31. The van der Waals surface area contributed by atoms with Crippen molar-refractivity contribution in [2.75, 3.05) is 13.7 Å². The molecule has 5 heteroatoms. The Balaban J connectivity index is 2.15. The van der Waals surface area contributed by atoms with Gasteiger partial charge in [-0.1, -0.05) is 15.9 Å². The van der Waals surface area contributed by atoms with Gasteiger partial charge in [0, 0.05) is 29.2 Å². The quantitative estimate of drug-likeness (QED) is 0.913. The second-order valence-electron chi connectivity index (χ2n) is 5.35. The summed E-state index contributed by atoms with van der Waals surface area (Å²) in [7, 11) is 1.66. The van der Waals surface area contributed by atoms with E-state index in [2.05, 4.69) is 27.8 Å². The van der Waals surface area contributed by atoms with Gasteiger partial charge in [-0.25, -0.2) is 0 Å². The lowest BCUT2D eigenvalue weighted by Crippen LogP contribution is -2.43. The van der Waals surface area contributed by atoms with Gasteiger partial charge >= 0.3 is 5.97 Å². The average molecular weight is 342 g/mol. The minimum Gasteiger partial charge on any atom is -0.496 e. The normalized spacial score (nSPS) is 23.6. The van der Waals surface area contributed by atoms with Crippen LogP contribution in [0.3, 0.4) is 0 Å². The number of carbonyl (C=O) groups is 1. The molecule has 1 saturated heterocycles. The molecule has 0 amide bonds. The summed E-state index contributed by atoms with van der Waals surface area (Å²) in [4.78, 5) is 13.4. The number of rotatable bonds is 4. The SMILES string of the molecule is COc1ccc(Br)cc1CN1CC(C(=O)O)CCC1C. The highest BCUT2D eigenvalue weighted by Gasteiger charge is 2.30. The van der Waals surface area contributed by atoms with Gasteiger partial charge in [-0.2, -0.15) is 0 Å². The van der Waals surface area contributed by atoms with E-state index in [1.165, 1.54) is 0 Å². The zero-order valence-corrected chi connectivity index (χ0v) is 13.4. The summed E-state index contributed by atoms with van der Waals surface area (Å²) < 4.78 is 6.39. The minimum absolute atomic E-state index is 0.260. The van der Waals surface area contributed by atoms with Crippen molar-refractivity contribution in [3.8, 4) is 5.75 Å². The fraction of sp³-hybridized carbons (Fsp3) is 0.533. The molecule has 0 bridgehead atoms. The molecule has 1 aliphatic rings. The number of hydrogen-bond donors (Lipinski definition) is 1. The molecule has 1 N–H and O–H groups in total. The van der Waals surface area contributed by atoms with Crippen LogP contribution in [0.2, 0.25) is 0 Å². The van der Waals surface area contributed by atoms with Crippen molar-refractivity contribution in [3.05, 3.63) is 28.2 Å². The van der Waals surface area contributed by atoms with E-state index in [4.69, 9.17) is 4.74 Å². The van der Waals surface area contributed by atoms with Crippen LogP contribution >= 0.6 is 15.9 Å². The second-order valence-corrected chi connectivity index (χ2v) is 6.26. The molecule has 1 aromatic rings. The fourth-order valence-electron chi connectivity index (χ4n) is 2.69. The second kappa shape index (κ2) is 6.59. The highest BCUT2D eigenvalue weighted by molar-refractivity contribution is 9.10. The van der Waals surface area contributed by atoms with Crippen LogP contribution in [0, 0.1) is 5.92 Å². The van der Waals surface area contributed by atoms with E-state index in [0.29, 0.717) is 19.1 Å². The lowest BCUT2D eigenvalue weighted by molar-refractivity contribution is -0.144. The van der Waals surface area contributed by atoms with Gasteiger partial charge in [0.25, 0.3) is 0 Å². The van der Waals surface area contributed by atoms with Crippen molar-refractivity contribution >= 4 is 21.9 Å². The Labute approximate surface area is 127 Å². The lowest BCUT2D eigenvalue weighted by atomic mass is 9.93. The van der Waals surface area contributed by atoms with Gasteiger partial charge in [0.15, 0.2) is 0 Å². The Morgan fingerprint density at radius 2 is 2.25 bits per heavy atom. The van der Waals surface area contributed by atoms with Crippen molar-refractivity contribution in [3.63, 3.8) is 0 Å². The average Bonchev–Trinajstić information content (AvgIpc) is 2.41. The molecule has 0 radical (unpaired) electrons. The van der Waals surface area contributed by atoms with Gasteiger partial charge in [-0.3, -0.25) is 9.69 Å². The van der Waals surface area contributed by atoms with E-state index in [1.54, 1.807) is 7.11 Å². The Bertz CT molecular complexity index is 492. The van der Waals surface area contributed by atoms with Crippen LogP contribution in [0.25, 0.3) is 0 Å². The van der Waals surface area contributed by atoms with Crippen LogP contribution in [0.5, 0.6) is 5.75 Å². The molecular weight excluding hydrogens is 322 g/mol. The van der Waals surface area contributed by atoms with Crippen LogP contribution in [-0.4, -0.2) is 35.7 Å². The number of ether oxygens (including phenoxy) is 1. The fourth-order valence-corrected chi connectivity index (χ4v) is 3.10. The topological polar surface area (TPSA) is 49.8 Å². The maximum atomic E-state index is 11.2. The number of aliphatic carboxylic acids is 1. The molecule has 0 saturated carbocycles. The van der Waals surface area contributed by atoms with Crippen molar-refractivity contribution in [2.24, 2.45) is 5.92 Å². The molecule has 20 heavy (non-hydrogen) atoms. The third kappa shape index (κ3) is 3.52. The Kier molecular flexibility index (Phi) is 5.05. The van der Waals surface area contributed by atoms with Gasteiger partial charge in [0.1, 0.15) is 5.75 Å². The van der Waals surface area contributed by atoms with Gasteiger partial charge < -0.3 is 9.84 Å². The van der Waals surface area contributed by atoms with Gasteiger partial charge in [0.2, 0.25) is 0 Å². The highest BCUT2D eigenvalue weighted by atomic mass is 79.9. The van der Waals surface area contributed by atoms with Gasteiger partial charge in [-0.15, -0.1) is 0 Å². The van der Waals surface area contributed by atoms with Crippen LogP contribution < -0.4 is 4.74 Å². The van der Waals surface area contributed by atoms with Crippen molar-refractivity contribution in [1.82, 2.24) is 4.90 Å². The molecule has 4 nitrogen and oxygen atoms in total. The summed E-state index contributed by atoms with van der Waals surface area (Å²) in [6.45, 7) is 3.47. The molecule has 2 atom stereocenters. The van der Waals surface area contributed by atoms with E-state index in [-0.39, 0.29) is 5.92 Å². The Hall–Kier alpha value is -1.07. The number of benzene rings is 1. The minimum atomic E-state index is -0.692. The molecule has 1 fully saturated rings. The van der Waals surface area contributed by atoms with E-state index >= 15 is 0 Å². The smallest absolute Gasteiger partial charge is 0.307 e. The summed E-state index contributed by atoms with van der Waals surface area (Å²) in [5.41, 5.74) is 1.08. The van der Waals surface area contributed by atoms with E-state index in [1.807, 2.05) is 18.2 Å². The third-order valence-corrected chi connectivity index (χ3v) is 4.47. The first-order valence-electron chi connectivity index (χ1n) is 6.80.